The Balaban J connectivity index is 2.20. The lowest BCUT2D eigenvalue weighted by Crippen LogP contribution is -2.12. The number of carbonyl (C=O) groups is 1. The minimum atomic E-state index is -3.53. The van der Waals surface area contributed by atoms with Gasteiger partial charge in [0.1, 0.15) is 5.82 Å². The third kappa shape index (κ3) is 3.05. The van der Waals surface area contributed by atoms with Crippen LogP contribution in [0.5, 0.6) is 0 Å². The van der Waals surface area contributed by atoms with E-state index in [-0.39, 0.29) is 22.6 Å². The monoisotopic (exact) mass is 294 g/mol. The van der Waals surface area contributed by atoms with Crippen molar-refractivity contribution in [2.24, 2.45) is 7.05 Å². The van der Waals surface area contributed by atoms with Crippen LogP contribution in [0.4, 0.5) is 0 Å². The van der Waals surface area contributed by atoms with E-state index >= 15 is 0 Å². The molecular weight excluding hydrogens is 280 g/mol. The lowest BCUT2D eigenvalue weighted by molar-refractivity contribution is 0.0696. The van der Waals surface area contributed by atoms with Crippen LogP contribution in [-0.4, -0.2) is 34.8 Å². The van der Waals surface area contributed by atoms with Gasteiger partial charge in [-0.2, -0.15) is 0 Å². The van der Waals surface area contributed by atoms with Crippen molar-refractivity contribution in [2.45, 2.75) is 11.3 Å². The highest BCUT2D eigenvalue weighted by Crippen LogP contribution is 2.14. The third-order valence-electron chi connectivity index (χ3n) is 2.96. The maximum absolute atomic E-state index is 12.2. The number of imidazole rings is 1. The number of aromatic nitrogens is 2. The summed E-state index contributed by atoms with van der Waals surface area (Å²) in [6, 6.07) is 5.37. The first-order valence-electron chi connectivity index (χ1n) is 5.92. The number of rotatable bonds is 5. The smallest absolute Gasteiger partial charge is 0.335 e. The summed E-state index contributed by atoms with van der Waals surface area (Å²) in [6.45, 7) is 0. The Labute approximate surface area is 116 Å². The van der Waals surface area contributed by atoms with Gasteiger partial charge < -0.3 is 9.67 Å². The molecule has 2 rings (SSSR count). The fourth-order valence-corrected chi connectivity index (χ4v) is 3.08. The number of carboxylic acids is 1. The zero-order chi connectivity index (χ0) is 14.8. The maximum Gasteiger partial charge on any atom is 0.335 e. The van der Waals surface area contributed by atoms with Gasteiger partial charge in [0.15, 0.2) is 9.84 Å². The molecule has 0 aliphatic carbocycles. The Morgan fingerprint density at radius 1 is 1.40 bits per heavy atom. The van der Waals surface area contributed by atoms with Crippen molar-refractivity contribution in [3.05, 3.63) is 48.0 Å². The van der Waals surface area contributed by atoms with Gasteiger partial charge in [0.2, 0.25) is 0 Å². The van der Waals surface area contributed by atoms with Gasteiger partial charge in [-0.3, -0.25) is 0 Å². The van der Waals surface area contributed by atoms with Crippen molar-refractivity contribution >= 4 is 15.8 Å². The van der Waals surface area contributed by atoms with E-state index in [1.165, 1.54) is 24.3 Å². The Hall–Kier alpha value is -2.15. The Bertz CT molecular complexity index is 734. The van der Waals surface area contributed by atoms with Gasteiger partial charge in [-0.25, -0.2) is 18.2 Å². The largest absolute Gasteiger partial charge is 0.478 e. The molecule has 20 heavy (non-hydrogen) atoms. The molecule has 7 heteroatoms. The van der Waals surface area contributed by atoms with Crippen molar-refractivity contribution in [3.63, 3.8) is 0 Å². The summed E-state index contributed by atoms with van der Waals surface area (Å²) in [7, 11) is -1.73. The highest BCUT2D eigenvalue weighted by molar-refractivity contribution is 7.91. The number of nitrogens with zero attached hydrogens (tertiary/aromatic N) is 2. The van der Waals surface area contributed by atoms with Gasteiger partial charge in [0.25, 0.3) is 0 Å². The number of aryl methyl sites for hydroxylation is 2. The molecular formula is C13H14N2O4S. The molecule has 0 fully saturated rings. The number of aromatic carboxylic acids is 1. The van der Waals surface area contributed by atoms with Crippen molar-refractivity contribution in [1.29, 1.82) is 0 Å². The zero-order valence-electron chi connectivity index (χ0n) is 10.9. The fourth-order valence-electron chi connectivity index (χ4n) is 1.80. The first-order valence-corrected chi connectivity index (χ1v) is 7.58. The van der Waals surface area contributed by atoms with E-state index < -0.39 is 15.8 Å². The van der Waals surface area contributed by atoms with Crippen molar-refractivity contribution in [2.75, 3.05) is 5.75 Å². The van der Waals surface area contributed by atoms with E-state index in [1.54, 1.807) is 24.0 Å². The third-order valence-corrected chi connectivity index (χ3v) is 4.67. The molecule has 106 valence electrons. The average Bonchev–Trinajstić information content (AvgIpc) is 2.82. The minimum absolute atomic E-state index is 0.0200. The lowest BCUT2D eigenvalue weighted by atomic mass is 10.2. The minimum Gasteiger partial charge on any atom is -0.478 e. The molecule has 0 atom stereocenters. The van der Waals surface area contributed by atoms with Crippen LogP contribution in [0.15, 0.2) is 41.6 Å². The van der Waals surface area contributed by atoms with E-state index in [4.69, 9.17) is 5.11 Å². The van der Waals surface area contributed by atoms with Gasteiger partial charge in [-0.05, 0) is 18.2 Å². The molecule has 1 aromatic carbocycles. The first kappa shape index (κ1) is 14.3. The van der Waals surface area contributed by atoms with Crippen LogP contribution in [-0.2, 0) is 23.3 Å². The SMILES string of the molecule is Cn1ccnc1CCS(=O)(=O)c1cccc(C(=O)O)c1. The molecule has 1 N–H and O–H groups in total. The molecule has 0 amide bonds. The molecule has 0 unspecified atom stereocenters. The zero-order valence-corrected chi connectivity index (χ0v) is 11.7. The van der Waals surface area contributed by atoms with Crippen LogP contribution in [0.1, 0.15) is 16.2 Å². The van der Waals surface area contributed by atoms with Gasteiger partial charge in [-0.1, -0.05) is 6.07 Å². The summed E-state index contributed by atoms with van der Waals surface area (Å²) < 4.78 is 26.1. The van der Waals surface area contributed by atoms with Crippen molar-refractivity contribution in [3.8, 4) is 0 Å². The number of hydrogen-bond donors (Lipinski definition) is 1. The molecule has 0 radical (unpaired) electrons. The highest BCUT2D eigenvalue weighted by Gasteiger charge is 2.17. The lowest BCUT2D eigenvalue weighted by Gasteiger charge is -2.05. The maximum atomic E-state index is 12.2. The van der Waals surface area contributed by atoms with Gasteiger partial charge in [0.05, 0.1) is 16.2 Å². The van der Waals surface area contributed by atoms with E-state index in [9.17, 15) is 13.2 Å². The second-order valence-electron chi connectivity index (χ2n) is 4.36. The second-order valence-corrected chi connectivity index (χ2v) is 6.47. The van der Waals surface area contributed by atoms with Crippen LogP contribution in [0.25, 0.3) is 0 Å². The topological polar surface area (TPSA) is 89.3 Å². The summed E-state index contributed by atoms with van der Waals surface area (Å²) in [5.41, 5.74) is -0.0388. The number of hydrogen-bond acceptors (Lipinski definition) is 4. The summed E-state index contributed by atoms with van der Waals surface area (Å²) in [5.74, 6) is -0.588. The van der Waals surface area contributed by atoms with Gasteiger partial charge >= 0.3 is 5.97 Å². The van der Waals surface area contributed by atoms with Crippen LogP contribution in [0.3, 0.4) is 0 Å². The average molecular weight is 294 g/mol. The van der Waals surface area contributed by atoms with Crippen molar-refractivity contribution in [1.82, 2.24) is 9.55 Å². The molecule has 1 heterocycles. The van der Waals surface area contributed by atoms with E-state index in [0.29, 0.717) is 5.82 Å². The molecule has 0 saturated carbocycles. The Morgan fingerprint density at radius 3 is 2.75 bits per heavy atom. The van der Waals surface area contributed by atoms with Crippen LogP contribution >= 0.6 is 0 Å². The van der Waals surface area contributed by atoms with Gasteiger partial charge in [0, 0.05) is 25.9 Å². The molecule has 0 spiro atoms. The molecule has 0 bridgehead atoms. The summed E-state index contributed by atoms with van der Waals surface area (Å²) >= 11 is 0. The number of sulfone groups is 1. The number of benzene rings is 1. The molecule has 2 aromatic rings. The fraction of sp³-hybridized carbons (Fsp3) is 0.231. The van der Waals surface area contributed by atoms with Crippen LogP contribution in [0, 0.1) is 0 Å². The predicted octanol–water partition coefficient (Wildman–Crippen LogP) is 1.13. The van der Waals surface area contributed by atoms with E-state index in [0.717, 1.165) is 0 Å². The number of carboxylic acid groups (broad SMARTS) is 1. The Morgan fingerprint density at radius 2 is 2.15 bits per heavy atom. The van der Waals surface area contributed by atoms with Crippen molar-refractivity contribution < 1.29 is 18.3 Å². The molecule has 1 aromatic heterocycles. The predicted molar refractivity (Wildman–Crippen MR) is 72.4 cm³/mol. The van der Waals surface area contributed by atoms with Crippen LogP contribution < -0.4 is 0 Å². The molecule has 6 nitrogen and oxygen atoms in total. The van der Waals surface area contributed by atoms with E-state index in [1.807, 2.05) is 0 Å². The summed E-state index contributed by atoms with van der Waals surface area (Å²) in [5, 5.41) is 8.88. The standard InChI is InChI=1S/C13H14N2O4S/c1-15-7-6-14-12(15)5-8-20(18,19)11-4-2-3-10(9-11)13(16)17/h2-4,6-7,9H,5,8H2,1H3,(H,16,17). The van der Waals surface area contributed by atoms with Gasteiger partial charge in [-0.15, -0.1) is 0 Å². The quantitative estimate of drug-likeness (QED) is 0.893. The summed E-state index contributed by atoms with van der Waals surface area (Å²) in [4.78, 5) is 14.9. The molecule has 0 saturated heterocycles. The highest BCUT2D eigenvalue weighted by atomic mass is 32.2. The first-order chi connectivity index (χ1) is 9.40. The molecule has 0 aliphatic heterocycles. The normalized spacial score (nSPS) is 11.4. The molecule has 0 aliphatic rings. The van der Waals surface area contributed by atoms with Crippen LogP contribution in [0.2, 0.25) is 0 Å². The Kier molecular flexibility index (Phi) is 3.89. The summed E-state index contributed by atoms with van der Waals surface area (Å²) in [6.07, 6.45) is 3.63. The van der Waals surface area contributed by atoms with E-state index in [2.05, 4.69) is 4.98 Å². The second kappa shape index (κ2) is 5.46.